The topological polar surface area (TPSA) is 50.7 Å². The van der Waals surface area contributed by atoms with Crippen LogP contribution in [0.25, 0.3) is 0 Å². The van der Waals surface area contributed by atoms with Gasteiger partial charge in [0.05, 0.1) is 30.0 Å². The van der Waals surface area contributed by atoms with Crippen LogP contribution in [0.2, 0.25) is 10.0 Å². The molecule has 0 aromatic heterocycles. The minimum absolute atomic E-state index is 0.0613. The quantitative estimate of drug-likeness (QED) is 0.858. The number of ether oxygens (including phenoxy) is 2. The second-order valence-electron chi connectivity index (χ2n) is 4.33. The first kappa shape index (κ1) is 15.6. The highest BCUT2D eigenvalue weighted by molar-refractivity contribution is 6.32. The highest BCUT2D eigenvalue weighted by Gasteiger charge is 2.10. The van der Waals surface area contributed by atoms with Gasteiger partial charge in [0.25, 0.3) is 0 Å². The molecule has 0 bridgehead atoms. The lowest BCUT2D eigenvalue weighted by Crippen LogP contribution is -2.02. The summed E-state index contributed by atoms with van der Waals surface area (Å²) >= 11 is 11.9. The van der Waals surface area contributed by atoms with Crippen molar-refractivity contribution in [1.29, 1.82) is 0 Å². The van der Waals surface area contributed by atoms with Gasteiger partial charge in [0, 0.05) is 18.7 Å². The van der Waals surface area contributed by atoms with E-state index in [2.05, 4.69) is 5.32 Å². The fraction of sp³-hybridized carbons (Fsp3) is 0.200. The number of halogens is 2. The molecule has 112 valence electrons. The SMILES string of the molecule is COc1cc(NCc2ccc(O)c(Cl)c2)c(OC)cc1Cl. The van der Waals surface area contributed by atoms with Crippen molar-refractivity contribution in [3.63, 3.8) is 0 Å². The molecule has 0 saturated carbocycles. The summed E-state index contributed by atoms with van der Waals surface area (Å²) in [6.07, 6.45) is 0. The molecule has 2 aromatic carbocycles. The summed E-state index contributed by atoms with van der Waals surface area (Å²) in [5.41, 5.74) is 1.68. The van der Waals surface area contributed by atoms with Crippen molar-refractivity contribution in [3.05, 3.63) is 45.9 Å². The first-order chi connectivity index (χ1) is 10.0. The first-order valence-corrected chi connectivity index (χ1v) is 6.93. The third-order valence-corrected chi connectivity index (χ3v) is 3.57. The van der Waals surface area contributed by atoms with Crippen LogP contribution in [-0.4, -0.2) is 19.3 Å². The molecule has 2 aromatic rings. The van der Waals surface area contributed by atoms with Crippen molar-refractivity contribution in [2.75, 3.05) is 19.5 Å². The van der Waals surface area contributed by atoms with Crippen LogP contribution in [0.3, 0.4) is 0 Å². The lowest BCUT2D eigenvalue weighted by Gasteiger charge is -2.14. The smallest absolute Gasteiger partial charge is 0.143 e. The summed E-state index contributed by atoms with van der Waals surface area (Å²) in [5, 5.41) is 13.4. The van der Waals surface area contributed by atoms with E-state index in [0.29, 0.717) is 28.1 Å². The van der Waals surface area contributed by atoms with Gasteiger partial charge in [-0.15, -0.1) is 0 Å². The van der Waals surface area contributed by atoms with Gasteiger partial charge in [-0.2, -0.15) is 0 Å². The second-order valence-corrected chi connectivity index (χ2v) is 5.14. The molecule has 0 aliphatic rings. The number of anilines is 1. The number of hydrogen-bond donors (Lipinski definition) is 2. The van der Waals surface area contributed by atoms with Crippen LogP contribution in [0, 0.1) is 0 Å². The number of phenols is 1. The Kier molecular flexibility index (Phi) is 5.04. The van der Waals surface area contributed by atoms with Gasteiger partial charge in [-0.3, -0.25) is 0 Å². The van der Waals surface area contributed by atoms with Crippen molar-refractivity contribution in [1.82, 2.24) is 0 Å². The van der Waals surface area contributed by atoms with Gasteiger partial charge >= 0.3 is 0 Å². The molecule has 0 fully saturated rings. The third-order valence-electron chi connectivity index (χ3n) is 2.97. The highest BCUT2D eigenvalue weighted by atomic mass is 35.5. The maximum absolute atomic E-state index is 9.41. The molecule has 6 heteroatoms. The summed E-state index contributed by atoms with van der Waals surface area (Å²) in [5.74, 6) is 1.24. The Bertz CT molecular complexity index is 647. The Morgan fingerprint density at radius 1 is 1.00 bits per heavy atom. The molecule has 0 aliphatic carbocycles. The van der Waals surface area contributed by atoms with E-state index < -0.39 is 0 Å². The van der Waals surface area contributed by atoms with Crippen molar-refractivity contribution in [3.8, 4) is 17.2 Å². The summed E-state index contributed by atoms with van der Waals surface area (Å²) in [4.78, 5) is 0. The fourth-order valence-corrected chi connectivity index (χ4v) is 2.29. The second kappa shape index (κ2) is 6.78. The monoisotopic (exact) mass is 327 g/mol. The molecule has 2 rings (SSSR count). The van der Waals surface area contributed by atoms with Gasteiger partial charge in [-0.25, -0.2) is 0 Å². The predicted molar refractivity (Wildman–Crippen MR) is 85.0 cm³/mol. The minimum atomic E-state index is 0.0613. The molecule has 0 heterocycles. The van der Waals surface area contributed by atoms with Crippen LogP contribution >= 0.6 is 23.2 Å². The van der Waals surface area contributed by atoms with E-state index in [1.165, 1.54) is 0 Å². The lowest BCUT2D eigenvalue weighted by molar-refractivity contribution is 0.404. The van der Waals surface area contributed by atoms with Crippen LogP contribution in [0.15, 0.2) is 30.3 Å². The lowest BCUT2D eigenvalue weighted by atomic mass is 10.2. The minimum Gasteiger partial charge on any atom is -0.506 e. The van der Waals surface area contributed by atoms with Crippen LogP contribution in [0.5, 0.6) is 17.2 Å². The average Bonchev–Trinajstić information content (AvgIpc) is 2.48. The van der Waals surface area contributed by atoms with Gasteiger partial charge in [0.1, 0.15) is 17.2 Å². The summed E-state index contributed by atoms with van der Waals surface area (Å²) in [7, 11) is 3.12. The Balaban J connectivity index is 2.20. The van der Waals surface area contributed by atoms with Gasteiger partial charge in [0.2, 0.25) is 0 Å². The molecule has 4 nitrogen and oxygen atoms in total. The fourth-order valence-electron chi connectivity index (χ4n) is 1.86. The zero-order chi connectivity index (χ0) is 15.4. The number of benzene rings is 2. The molecule has 0 unspecified atom stereocenters. The van der Waals surface area contributed by atoms with Gasteiger partial charge in [-0.1, -0.05) is 29.3 Å². The van der Waals surface area contributed by atoms with Crippen LogP contribution < -0.4 is 14.8 Å². The normalized spacial score (nSPS) is 10.3. The molecule has 0 saturated heterocycles. The van der Waals surface area contributed by atoms with E-state index in [1.54, 1.807) is 44.6 Å². The maximum Gasteiger partial charge on any atom is 0.143 e. The molecular formula is C15H15Cl2NO3. The van der Waals surface area contributed by atoms with Gasteiger partial charge in [-0.05, 0) is 17.7 Å². The molecule has 0 spiro atoms. The predicted octanol–water partition coefficient (Wildman–Crippen LogP) is 4.33. The molecule has 0 atom stereocenters. The van der Waals surface area contributed by atoms with E-state index in [4.69, 9.17) is 32.7 Å². The standard InChI is InChI=1S/C15H15Cl2NO3/c1-20-14-7-12(15(21-2)6-11(14)17)18-8-9-3-4-13(19)10(16)5-9/h3-7,18-19H,8H2,1-2H3. The summed E-state index contributed by atoms with van der Waals surface area (Å²) in [6, 6.07) is 8.49. The molecule has 0 aliphatic heterocycles. The number of methoxy groups -OCH3 is 2. The van der Waals surface area contributed by atoms with E-state index in [0.717, 1.165) is 11.3 Å². The van der Waals surface area contributed by atoms with E-state index in [9.17, 15) is 5.11 Å². The largest absolute Gasteiger partial charge is 0.506 e. The van der Waals surface area contributed by atoms with E-state index >= 15 is 0 Å². The molecule has 21 heavy (non-hydrogen) atoms. The Labute approximate surface area is 133 Å². The van der Waals surface area contributed by atoms with Crippen molar-refractivity contribution < 1.29 is 14.6 Å². The van der Waals surface area contributed by atoms with Crippen LogP contribution in [0.4, 0.5) is 5.69 Å². The number of aromatic hydroxyl groups is 1. The Morgan fingerprint density at radius 3 is 2.33 bits per heavy atom. The molecular weight excluding hydrogens is 313 g/mol. The number of rotatable bonds is 5. The van der Waals surface area contributed by atoms with Gasteiger partial charge < -0.3 is 19.9 Å². The van der Waals surface area contributed by atoms with Crippen molar-refractivity contribution in [2.45, 2.75) is 6.54 Å². The number of nitrogens with one attached hydrogen (secondary N) is 1. The Hall–Kier alpha value is -1.78. The van der Waals surface area contributed by atoms with E-state index in [1.807, 2.05) is 0 Å². The van der Waals surface area contributed by atoms with Gasteiger partial charge in [0.15, 0.2) is 0 Å². The highest BCUT2D eigenvalue weighted by Crippen LogP contribution is 2.36. The molecule has 2 N–H and O–H groups in total. The van der Waals surface area contributed by atoms with E-state index in [-0.39, 0.29) is 5.75 Å². The molecule has 0 amide bonds. The Morgan fingerprint density at radius 2 is 1.71 bits per heavy atom. The van der Waals surface area contributed by atoms with Crippen LogP contribution in [-0.2, 0) is 6.54 Å². The zero-order valence-corrected chi connectivity index (χ0v) is 13.1. The number of hydrogen-bond acceptors (Lipinski definition) is 4. The van der Waals surface area contributed by atoms with Crippen molar-refractivity contribution >= 4 is 28.9 Å². The first-order valence-electron chi connectivity index (χ1n) is 6.18. The third kappa shape index (κ3) is 3.65. The summed E-state index contributed by atoms with van der Waals surface area (Å²) in [6.45, 7) is 0.515. The molecule has 0 radical (unpaired) electrons. The van der Waals surface area contributed by atoms with Crippen molar-refractivity contribution in [2.24, 2.45) is 0 Å². The summed E-state index contributed by atoms with van der Waals surface area (Å²) < 4.78 is 10.5. The average molecular weight is 328 g/mol. The number of phenolic OH excluding ortho intramolecular Hbond substituents is 1. The maximum atomic E-state index is 9.41. The zero-order valence-electron chi connectivity index (χ0n) is 11.6. The van der Waals surface area contributed by atoms with Crippen LogP contribution in [0.1, 0.15) is 5.56 Å².